The second-order valence-electron chi connectivity index (χ2n) is 10.6. The Morgan fingerprint density at radius 1 is 1.05 bits per heavy atom. The Kier molecular flexibility index (Phi) is 9.82. The number of aromatic nitrogens is 1. The molecule has 0 bridgehead atoms. The minimum Gasteiger partial charge on any atom is -0.492 e. The molecule has 44 heavy (non-hydrogen) atoms. The SMILES string of the molecule is O=C(c1ccc2c(c1)sc(=O)n2CCOc1ccc(C[C@@H](OCC(F)(F)F)C(=O)N[C@H](CO)c2ccccc2)cc1)C1CC1. The van der Waals surface area contributed by atoms with E-state index in [1.165, 1.54) is 0 Å². The van der Waals surface area contributed by atoms with Crippen molar-refractivity contribution in [2.24, 2.45) is 5.92 Å². The highest BCUT2D eigenvalue weighted by Gasteiger charge is 2.32. The number of benzene rings is 3. The lowest BCUT2D eigenvalue weighted by atomic mass is 10.0. The largest absolute Gasteiger partial charge is 0.492 e. The van der Waals surface area contributed by atoms with Gasteiger partial charge in [0.25, 0.3) is 0 Å². The molecule has 8 nitrogen and oxygen atoms in total. The number of ether oxygens (including phenoxy) is 2. The summed E-state index contributed by atoms with van der Waals surface area (Å²) >= 11 is 1.08. The van der Waals surface area contributed by atoms with E-state index < -0.39 is 37.4 Å². The number of hydrogen-bond acceptors (Lipinski definition) is 7. The summed E-state index contributed by atoms with van der Waals surface area (Å²) in [6.45, 7) is -1.59. The molecule has 12 heteroatoms. The number of ketones is 1. The zero-order valence-electron chi connectivity index (χ0n) is 23.6. The zero-order valence-corrected chi connectivity index (χ0v) is 24.4. The van der Waals surface area contributed by atoms with Crippen molar-refractivity contribution in [1.29, 1.82) is 0 Å². The van der Waals surface area contributed by atoms with Crippen LogP contribution in [0.4, 0.5) is 13.2 Å². The standard InChI is InChI=1S/C32H31F3N2O6S/c33-32(34,35)19-43-27(30(40)36-25(18-38)21-4-2-1-3-5-21)16-20-6-11-24(12-7-20)42-15-14-37-26-13-10-23(29(39)22-8-9-22)17-28(26)44-31(37)41/h1-7,10-13,17,22,25,27,38H,8-9,14-16,18-19H2,(H,36,40)/t25-,27-/m1/s1. The van der Waals surface area contributed by atoms with Gasteiger partial charge < -0.3 is 19.9 Å². The Bertz CT molecular complexity index is 1650. The molecule has 1 fully saturated rings. The summed E-state index contributed by atoms with van der Waals surface area (Å²) < 4.78 is 51.9. The predicted octanol–water partition coefficient (Wildman–Crippen LogP) is 5.07. The first kappa shape index (κ1) is 31.4. The van der Waals surface area contributed by atoms with Gasteiger partial charge in [-0.15, -0.1) is 0 Å². The maximum absolute atomic E-state index is 13.0. The number of carbonyl (C=O) groups excluding carboxylic acids is 2. The van der Waals surface area contributed by atoms with Gasteiger partial charge in [-0.05, 0) is 54.3 Å². The van der Waals surface area contributed by atoms with Gasteiger partial charge in [0.1, 0.15) is 25.1 Å². The van der Waals surface area contributed by atoms with Crippen LogP contribution < -0.4 is 14.9 Å². The van der Waals surface area contributed by atoms with Gasteiger partial charge in [-0.1, -0.05) is 53.8 Å². The van der Waals surface area contributed by atoms with Crippen LogP contribution in [0.15, 0.2) is 77.6 Å². The van der Waals surface area contributed by atoms with Crippen LogP contribution in [0.2, 0.25) is 0 Å². The second-order valence-corrected chi connectivity index (χ2v) is 11.6. The molecule has 4 aromatic rings. The van der Waals surface area contributed by atoms with Gasteiger partial charge in [-0.25, -0.2) is 0 Å². The van der Waals surface area contributed by atoms with Crippen LogP contribution in [0.3, 0.4) is 0 Å². The molecule has 5 rings (SSSR count). The molecule has 232 valence electrons. The molecule has 0 spiro atoms. The summed E-state index contributed by atoms with van der Waals surface area (Å²) in [6, 6.07) is 19.6. The average Bonchev–Trinajstić information content (AvgIpc) is 3.81. The molecule has 3 aromatic carbocycles. The van der Waals surface area contributed by atoms with E-state index in [-0.39, 0.29) is 36.1 Å². The molecule has 0 aliphatic heterocycles. The third-order valence-electron chi connectivity index (χ3n) is 7.27. The van der Waals surface area contributed by atoms with Crippen molar-refractivity contribution < 1.29 is 37.3 Å². The Labute approximate surface area is 255 Å². The van der Waals surface area contributed by atoms with Gasteiger partial charge in [0, 0.05) is 17.9 Å². The molecular formula is C32H31F3N2O6S. The minimum atomic E-state index is -4.63. The van der Waals surface area contributed by atoms with Crippen molar-refractivity contribution in [3.05, 3.63) is 99.2 Å². The fourth-order valence-corrected chi connectivity index (χ4v) is 5.77. The number of aliphatic hydroxyl groups excluding tert-OH is 1. The van der Waals surface area contributed by atoms with Crippen molar-refractivity contribution in [3.63, 3.8) is 0 Å². The van der Waals surface area contributed by atoms with E-state index in [4.69, 9.17) is 9.47 Å². The average molecular weight is 629 g/mol. The van der Waals surface area contributed by atoms with Crippen molar-refractivity contribution >= 4 is 33.2 Å². The van der Waals surface area contributed by atoms with Gasteiger partial charge in [0.05, 0.1) is 29.4 Å². The smallest absolute Gasteiger partial charge is 0.411 e. The number of aliphatic hydroxyl groups is 1. The number of nitrogens with one attached hydrogen (secondary N) is 1. The van der Waals surface area contributed by atoms with E-state index in [2.05, 4.69) is 5.32 Å². The molecule has 1 aromatic heterocycles. The summed E-state index contributed by atoms with van der Waals surface area (Å²) in [5.74, 6) is -0.0959. The predicted molar refractivity (Wildman–Crippen MR) is 159 cm³/mol. The summed E-state index contributed by atoms with van der Waals surface area (Å²) in [6.07, 6.45) is -4.41. The maximum atomic E-state index is 13.0. The molecular weight excluding hydrogens is 597 g/mol. The highest BCUT2D eigenvalue weighted by Crippen LogP contribution is 2.33. The van der Waals surface area contributed by atoms with Crippen molar-refractivity contribution in [1.82, 2.24) is 9.88 Å². The second kappa shape index (κ2) is 13.7. The Hall–Kier alpha value is -4.00. The van der Waals surface area contributed by atoms with Crippen molar-refractivity contribution in [3.8, 4) is 5.75 Å². The van der Waals surface area contributed by atoms with E-state index in [0.717, 1.165) is 34.4 Å². The van der Waals surface area contributed by atoms with Crippen molar-refractivity contribution in [2.45, 2.75) is 44.1 Å². The number of rotatable bonds is 14. The fourth-order valence-electron chi connectivity index (χ4n) is 4.81. The van der Waals surface area contributed by atoms with Crippen molar-refractivity contribution in [2.75, 3.05) is 19.8 Å². The van der Waals surface area contributed by atoms with Crippen LogP contribution in [0.1, 0.15) is 40.4 Å². The van der Waals surface area contributed by atoms with Gasteiger partial charge in [-0.2, -0.15) is 13.2 Å². The van der Waals surface area contributed by atoms with E-state index in [1.54, 1.807) is 77.4 Å². The number of carbonyl (C=O) groups is 2. The number of Topliss-reactive ketones (excluding diaryl/α,β-unsaturated/α-hetero) is 1. The first-order chi connectivity index (χ1) is 21.1. The first-order valence-electron chi connectivity index (χ1n) is 14.1. The number of nitrogens with zero attached hydrogens (tertiary/aromatic N) is 1. The fraction of sp³-hybridized carbons (Fsp3) is 0.344. The molecule has 2 N–H and O–H groups in total. The van der Waals surface area contributed by atoms with Gasteiger partial charge >= 0.3 is 11.0 Å². The lowest BCUT2D eigenvalue weighted by Gasteiger charge is -2.23. The third-order valence-corrected chi connectivity index (χ3v) is 8.21. The Morgan fingerprint density at radius 2 is 1.77 bits per heavy atom. The monoisotopic (exact) mass is 628 g/mol. The number of amides is 1. The molecule has 0 saturated heterocycles. The topological polar surface area (TPSA) is 107 Å². The molecule has 1 amide bonds. The highest BCUT2D eigenvalue weighted by atomic mass is 32.1. The molecule has 1 aliphatic rings. The van der Waals surface area contributed by atoms with E-state index in [0.29, 0.717) is 22.4 Å². The summed E-state index contributed by atoms with van der Waals surface area (Å²) in [5, 5.41) is 12.3. The molecule has 0 unspecified atom stereocenters. The van der Waals surface area contributed by atoms with Crippen LogP contribution in [-0.4, -0.2) is 53.5 Å². The van der Waals surface area contributed by atoms with Gasteiger partial charge in [0.15, 0.2) is 5.78 Å². The lowest BCUT2D eigenvalue weighted by Crippen LogP contribution is -2.42. The zero-order chi connectivity index (χ0) is 31.3. The Balaban J connectivity index is 1.19. The quantitative estimate of drug-likeness (QED) is 0.189. The van der Waals surface area contributed by atoms with Crippen LogP contribution >= 0.6 is 11.3 Å². The number of hydrogen-bond donors (Lipinski definition) is 2. The number of halogens is 3. The first-order valence-corrected chi connectivity index (χ1v) is 15.0. The van der Waals surface area contributed by atoms with E-state index in [9.17, 15) is 32.7 Å². The van der Waals surface area contributed by atoms with E-state index >= 15 is 0 Å². The lowest BCUT2D eigenvalue weighted by molar-refractivity contribution is -0.187. The number of fused-ring (bicyclic) bond motifs is 1. The maximum Gasteiger partial charge on any atom is 0.411 e. The van der Waals surface area contributed by atoms with Gasteiger partial charge in [0.2, 0.25) is 5.91 Å². The molecule has 1 aliphatic carbocycles. The number of alkyl halides is 3. The van der Waals surface area contributed by atoms with Crippen LogP contribution in [0, 0.1) is 5.92 Å². The van der Waals surface area contributed by atoms with Gasteiger partial charge in [-0.3, -0.25) is 19.0 Å². The van der Waals surface area contributed by atoms with Crippen LogP contribution in [0.25, 0.3) is 10.2 Å². The Morgan fingerprint density at radius 3 is 2.43 bits per heavy atom. The van der Waals surface area contributed by atoms with E-state index in [1.807, 2.05) is 0 Å². The molecule has 0 radical (unpaired) electrons. The summed E-state index contributed by atoms with van der Waals surface area (Å²) in [4.78, 5) is 37.8. The third kappa shape index (κ3) is 8.13. The molecule has 2 atom stereocenters. The minimum absolute atomic E-state index is 0.0970. The highest BCUT2D eigenvalue weighted by molar-refractivity contribution is 7.16. The summed E-state index contributed by atoms with van der Waals surface area (Å²) in [5.41, 5.74) is 2.49. The molecule has 1 saturated carbocycles. The number of thiazole rings is 1. The summed E-state index contributed by atoms with van der Waals surface area (Å²) in [7, 11) is 0. The van der Waals surface area contributed by atoms with Crippen LogP contribution in [-0.2, 0) is 22.5 Å². The van der Waals surface area contributed by atoms with Crippen LogP contribution in [0.5, 0.6) is 5.75 Å². The normalized spacial score (nSPS) is 14.7. The molecule has 1 heterocycles.